The predicted molar refractivity (Wildman–Crippen MR) is 122 cm³/mol. The summed E-state index contributed by atoms with van der Waals surface area (Å²) in [5.74, 6) is -1.39. The zero-order chi connectivity index (χ0) is 23.1. The first-order valence-corrected chi connectivity index (χ1v) is 12.0. The van der Waals surface area contributed by atoms with Crippen LogP contribution in [-0.2, 0) is 10.0 Å². The summed E-state index contributed by atoms with van der Waals surface area (Å²) in [4.78, 5) is 17.0. The molecule has 0 bridgehead atoms. The van der Waals surface area contributed by atoms with Crippen LogP contribution in [0.3, 0.4) is 0 Å². The van der Waals surface area contributed by atoms with Crippen LogP contribution in [0.2, 0.25) is 0 Å². The Kier molecular flexibility index (Phi) is 8.14. The van der Waals surface area contributed by atoms with Crippen molar-refractivity contribution in [3.05, 3.63) is 78.1 Å². The third-order valence-corrected chi connectivity index (χ3v) is 6.88. The van der Waals surface area contributed by atoms with Crippen LogP contribution in [0.15, 0.2) is 66.1 Å². The van der Waals surface area contributed by atoms with Gasteiger partial charge in [-0.3, -0.25) is 9.69 Å². The summed E-state index contributed by atoms with van der Waals surface area (Å²) in [5, 5.41) is 3.00. The molecule has 2 aromatic carbocycles. The van der Waals surface area contributed by atoms with Gasteiger partial charge in [0.1, 0.15) is 10.7 Å². The van der Waals surface area contributed by atoms with Crippen LogP contribution in [0, 0.1) is 5.82 Å². The molecule has 1 heterocycles. The van der Waals surface area contributed by atoms with E-state index in [0.717, 1.165) is 43.9 Å². The number of carbonyl (C=O) groups is 1. The molecule has 0 saturated carbocycles. The molecule has 0 spiro atoms. The van der Waals surface area contributed by atoms with Gasteiger partial charge in [-0.05, 0) is 30.8 Å². The van der Waals surface area contributed by atoms with E-state index in [0.29, 0.717) is 6.54 Å². The number of amides is 1. The fourth-order valence-electron chi connectivity index (χ4n) is 3.55. The highest BCUT2D eigenvalue weighted by molar-refractivity contribution is 7.89. The Labute approximate surface area is 189 Å². The second-order valence-electron chi connectivity index (χ2n) is 7.83. The van der Waals surface area contributed by atoms with Gasteiger partial charge >= 0.3 is 0 Å². The topological polar surface area (TPSA) is 81.7 Å². The highest BCUT2D eigenvalue weighted by Crippen LogP contribution is 2.19. The molecule has 1 aliphatic heterocycles. The van der Waals surface area contributed by atoms with Crippen LogP contribution < -0.4 is 10.0 Å². The van der Waals surface area contributed by atoms with E-state index >= 15 is 0 Å². The molecule has 7 nitrogen and oxygen atoms in total. The standard InChI is InChI=1S/C23H29FN4O3S/c1-3-11-25-32(30,31)22-16-19(9-10-20(22)24)23(29)26-21(18-7-5-4-6-8-18)17-28-14-12-27(2)13-15-28/h3-10,16,21,25H,1,11-15,17H2,2H3,(H,26,29). The molecule has 9 heteroatoms. The lowest BCUT2D eigenvalue weighted by Gasteiger charge is -2.35. The number of likely N-dealkylation sites (N-methyl/N-ethyl adjacent to an activating group) is 1. The maximum absolute atomic E-state index is 14.2. The monoisotopic (exact) mass is 460 g/mol. The van der Waals surface area contributed by atoms with Crippen molar-refractivity contribution in [2.24, 2.45) is 0 Å². The Bertz CT molecular complexity index is 1040. The lowest BCUT2D eigenvalue weighted by atomic mass is 10.0. The van der Waals surface area contributed by atoms with Gasteiger partial charge in [-0.2, -0.15) is 0 Å². The van der Waals surface area contributed by atoms with Gasteiger partial charge in [-0.25, -0.2) is 17.5 Å². The number of nitrogens with one attached hydrogen (secondary N) is 2. The smallest absolute Gasteiger partial charge is 0.251 e. The Balaban J connectivity index is 1.81. The number of rotatable bonds is 9. The molecule has 0 radical (unpaired) electrons. The average Bonchev–Trinajstić information content (AvgIpc) is 2.79. The summed E-state index contributed by atoms with van der Waals surface area (Å²) in [6.45, 7) is 7.71. The Morgan fingerprint density at radius 2 is 1.84 bits per heavy atom. The Morgan fingerprint density at radius 1 is 1.16 bits per heavy atom. The predicted octanol–water partition coefficient (Wildman–Crippen LogP) is 2.01. The maximum atomic E-state index is 14.2. The molecule has 1 amide bonds. The molecule has 1 unspecified atom stereocenters. The Hall–Kier alpha value is -2.59. The molecule has 0 aromatic heterocycles. The molecule has 3 rings (SSSR count). The van der Waals surface area contributed by atoms with E-state index in [1.54, 1.807) is 0 Å². The number of piperazine rings is 1. The number of hydrogen-bond donors (Lipinski definition) is 2. The number of benzene rings is 2. The van der Waals surface area contributed by atoms with Crippen molar-refractivity contribution < 1.29 is 17.6 Å². The van der Waals surface area contributed by atoms with Crippen molar-refractivity contribution in [3.63, 3.8) is 0 Å². The van der Waals surface area contributed by atoms with E-state index in [-0.39, 0.29) is 18.2 Å². The highest BCUT2D eigenvalue weighted by atomic mass is 32.2. The zero-order valence-corrected chi connectivity index (χ0v) is 18.9. The van der Waals surface area contributed by atoms with Gasteiger partial charge in [-0.15, -0.1) is 6.58 Å². The first kappa shape index (κ1) is 24.1. The molecule has 1 aliphatic rings. The van der Waals surface area contributed by atoms with Crippen LogP contribution in [0.5, 0.6) is 0 Å². The molecule has 172 valence electrons. The molecular formula is C23H29FN4O3S. The van der Waals surface area contributed by atoms with Crippen LogP contribution in [-0.4, -0.2) is 70.4 Å². The van der Waals surface area contributed by atoms with Crippen molar-refractivity contribution in [1.29, 1.82) is 0 Å². The van der Waals surface area contributed by atoms with Gasteiger partial charge in [0, 0.05) is 44.8 Å². The number of carbonyl (C=O) groups excluding carboxylic acids is 1. The van der Waals surface area contributed by atoms with E-state index in [9.17, 15) is 17.6 Å². The van der Waals surface area contributed by atoms with Gasteiger partial charge in [0.25, 0.3) is 5.91 Å². The summed E-state index contributed by atoms with van der Waals surface area (Å²) in [5.41, 5.74) is 1.02. The van der Waals surface area contributed by atoms with Crippen LogP contribution in [0.1, 0.15) is 22.0 Å². The summed E-state index contributed by atoms with van der Waals surface area (Å²) >= 11 is 0. The number of hydrogen-bond acceptors (Lipinski definition) is 5. The van der Waals surface area contributed by atoms with Crippen molar-refractivity contribution in [3.8, 4) is 0 Å². The first-order valence-electron chi connectivity index (χ1n) is 10.5. The van der Waals surface area contributed by atoms with Crippen molar-refractivity contribution in [1.82, 2.24) is 19.8 Å². The minimum absolute atomic E-state index is 0.0424. The summed E-state index contributed by atoms with van der Waals surface area (Å²) in [6, 6.07) is 12.7. The van der Waals surface area contributed by atoms with Gasteiger partial charge in [-0.1, -0.05) is 36.4 Å². The molecule has 2 aromatic rings. The Morgan fingerprint density at radius 3 is 2.50 bits per heavy atom. The first-order chi connectivity index (χ1) is 15.3. The van der Waals surface area contributed by atoms with E-state index < -0.39 is 26.6 Å². The minimum atomic E-state index is -4.11. The van der Waals surface area contributed by atoms with Gasteiger partial charge < -0.3 is 10.2 Å². The quantitative estimate of drug-likeness (QED) is 0.560. The number of sulfonamides is 1. The van der Waals surface area contributed by atoms with Crippen molar-refractivity contribution in [2.75, 3.05) is 46.3 Å². The maximum Gasteiger partial charge on any atom is 0.251 e. The van der Waals surface area contributed by atoms with E-state index in [1.165, 1.54) is 12.1 Å². The van der Waals surface area contributed by atoms with Crippen molar-refractivity contribution >= 4 is 15.9 Å². The van der Waals surface area contributed by atoms with E-state index in [1.807, 2.05) is 30.3 Å². The fraction of sp³-hybridized carbons (Fsp3) is 0.348. The number of halogens is 1. The van der Waals surface area contributed by atoms with Crippen LogP contribution in [0.25, 0.3) is 0 Å². The molecule has 0 aliphatic carbocycles. The summed E-state index contributed by atoms with van der Waals surface area (Å²) in [7, 11) is -2.03. The minimum Gasteiger partial charge on any atom is -0.344 e. The second kappa shape index (κ2) is 10.8. The average molecular weight is 461 g/mol. The normalized spacial score (nSPS) is 16.4. The molecule has 1 fully saturated rings. The molecule has 32 heavy (non-hydrogen) atoms. The summed E-state index contributed by atoms with van der Waals surface area (Å²) in [6.07, 6.45) is 1.36. The molecule has 1 saturated heterocycles. The van der Waals surface area contributed by atoms with Crippen LogP contribution >= 0.6 is 0 Å². The zero-order valence-electron chi connectivity index (χ0n) is 18.1. The lowest BCUT2D eigenvalue weighted by molar-refractivity contribution is 0.0907. The largest absolute Gasteiger partial charge is 0.344 e. The van der Waals surface area contributed by atoms with E-state index in [2.05, 4.69) is 33.5 Å². The molecule has 2 N–H and O–H groups in total. The van der Waals surface area contributed by atoms with Crippen molar-refractivity contribution in [2.45, 2.75) is 10.9 Å². The highest BCUT2D eigenvalue weighted by Gasteiger charge is 2.24. The second-order valence-corrected chi connectivity index (χ2v) is 9.56. The fourth-order valence-corrected chi connectivity index (χ4v) is 4.65. The number of nitrogens with zero attached hydrogens (tertiary/aromatic N) is 2. The van der Waals surface area contributed by atoms with Gasteiger partial charge in [0.05, 0.1) is 6.04 Å². The van der Waals surface area contributed by atoms with Gasteiger partial charge in [0.2, 0.25) is 10.0 Å². The lowest BCUT2D eigenvalue weighted by Crippen LogP contribution is -2.47. The molecule has 1 atom stereocenters. The van der Waals surface area contributed by atoms with E-state index in [4.69, 9.17) is 0 Å². The SMILES string of the molecule is C=CCNS(=O)(=O)c1cc(C(=O)NC(CN2CCN(C)CC2)c2ccccc2)ccc1F. The van der Waals surface area contributed by atoms with Crippen LogP contribution in [0.4, 0.5) is 4.39 Å². The summed E-state index contributed by atoms with van der Waals surface area (Å²) < 4.78 is 41.2. The third-order valence-electron chi connectivity index (χ3n) is 5.44. The third kappa shape index (κ3) is 6.23. The van der Waals surface area contributed by atoms with Gasteiger partial charge in [0.15, 0.2) is 0 Å². The molecular weight excluding hydrogens is 431 g/mol.